The smallest absolute Gasteiger partial charge is 0.308 e. The summed E-state index contributed by atoms with van der Waals surface area (Å²) in [6, 6.07) is 9.91. The van der Waals surface area contributed by atoms with Gasteiger partial charge in [0.25, 0.3) is 0 Å². The van der Waals surface area contributed by atoms with Crippen LogP contribution in [0.5, 0.6) is 0 Å². The molecule has 0 N–H and O–H groups in total. The molecule has 1 amide bonds. The van der Waals surface area contributed by atoms with Gasteiger partial charge in [-0.1, -0.05) is 42.1 Å². The highest BCUT2D eigenvalue weighted by atomic mass is 32.2. The van der Waals surface area contributed by atoms with Gasteiger partial charge < -0.3 is 14.2 Å². The summed E-state index contributed by atoms with van der Waals surface area (Å²) in [5.41, 5.74) is 1.01. The molecule has 3 rings (SSSR count). The molecule has 0 saturated carbocycles. The number of piperidine rings is 1. The van der Waals surface area contributed by atoms with Gasteiger partial charge in [0.15, 0.2) is 11.0 Å². The Bertz CT molecular complexity index is 786. The second-order valence-corrected chi connectivity index (χ2v) is 7.33. The lowest BCUT2D eigenvalue weighted by atomic mass is 9.97. The number of ether oxygens (including phenoxy) is 1. The molecular formula is C19H24N4O3S. The first kappa shape index (κ1) is 19.4. The molecule has 1 aromatic heterocycles. The molecule has 0 atom stereocenters. The van der Waals surface area contributed by atoms with Crippen LogP contribution in [0.25, 0.3) is 11.4 Å². The van der Waals surface area contributed by atoms with E-state index in [0.717, 1.165) is 23.1 Å². The number of esters is 1. The normalized spacial score (nSPS) is 15.0. The van der Waals surface area contributed by atoms with Crippen LogP contribution in [0.1, 0.15) is 19.8 Å². The van der Waals surface area contributed by atoms with Crippen LogP contribution in [0.4, 0.5) is 0 Å². The average Bonchev–Trinajstić information content (AvgIpc) is 3.15. The Morgan fingerprint density at radius 1 is 1.19 bits per heavy atom. The molecule has 1 aromatic carbocycles. The first-order valence-electron chi connectivity index (χ1n) is 9.11. The van der Waals surface area contributed by atoms with Gasteiger partial charge in [-0.2, -0.15) is 0 Å². The highest BCUT2D eigenvalue weighted by Gasteiger charge is 2.28. The van der Waals surface area contributed by atoms with E-state index in [9.17, 15) is 9.59 Å². The predicted octanol–water partition coefficient (Wildman–Crippen LogP) is 2.47. The zero-order chi connectivity index (χ0) is 19.2. The number of carbonyl (C=O) groups is 2. The SMILES string of the molecule is CCn1c(SCC(=O)N2CCC(C(=O)OC)CC2)nnc1-c1ccccc1. The molecule has 0 bridgehead atoms. The average molecular weight is 388 g/mol. The highest BCUT2D eigenvalue weighted by molar-refractivity contribution is 7.99. The fourth-order valence-corrected chi connectivity index (χ4v) is 4.14. The number of thioether (sulfide) groups is 1. The van der Waals surface area contributed by atoms with Crippen LogP contribution >= 0.6 is 11.8 Å². The number of hydrogen-bond donors (Lipinski definition) is 0. The summed E-state index contributed by atoms with van der Waals surface area (Å²) in [6.45, 7) is 3.96. The number of amides is 1. The first-order chi connectivity index (χ1) is 13.1. The van der Waals surface area contributed by atoms with Crippen molar-refractivity contribution >= 4 is 23.6 Å². The van der Waals surface area contributed by atoms with Crippen LogP contribution in [-0.2, 0) is 20.9 Å². The number of likely N-dealkylation sites (tertiary alicyclic amines) is 1. The third-order valence-corrected chi connectivity index (χ3v) is 5.72. The fourth-order valence-electron chi connectivity index (χ4n) is 3.23. The Morgan fingerprint density at radius 3 is 2.52 bits per heavy atom. The zero-order valence-corrected chi connectivity index (χ0v) is 16.4. The third kappa shape index (κ3) is 4.50. The Labute approximate surface area is 163 Å². The summed E-state index contributed by atoms with van der Waals surface area (Å²) in [5, 5.41) is 9.32. The number of rotatable bonds is 6. The van der Waals surface area contributed by atoms with Gasteiger partial charge in [0.05, 0.1) is 18.8 Å². The van der Waals surface area contributed by atoms with E-state index >= 15 is 0 Å². The molecule has 2 aromatic rings. The van der Waals surface area contributed by atoms with Gasteiger partial charge in [0.1, 0.15) is 0 Å². The number of methoxy groups -OCH3 is 1. The lowest BCUT2D eigenvalue weighted by Crippen LogP contribution is -2.41. The summed E-state index contributed by atoms with van der Waals surface area (Å²) < 4.78 is 6.82. The fraction of sp³-hybridized carbons (Fsp3) is 0.474. The van der Waals surface area contributed by atoms with E-state index in [1.54, 1.807) is 0 Å². The molecule has 8 heteroatoms. The molecule has 7 nitrogen and oxygen atoms in total. The molecule has 144 valence electrons. The van der Waals surface area contributed by atoms with Crippen LogP contribution in [0.2, 0.25) is 0 Å². The van der Waals surface area contributed by atoms with Gasteiger partial charge >= 0.3 is 5.97 Å². The van der Waals surface area contributed by atoms with Crippen LogP contribution in [-0.4, -0.2) is 57.5 Å². The van der Waals surface area contributed by atoms with Crippen LogP contribution in [0.15, 0.2) is 35.5 Å². The van der Waals surface area contributed by atoms with E-state index in [0.29, 0.717) is 31.7 Å². The van der Waals surface area contributed by atoms with Crippen molar-refractivity contribution in [3.8, 4) is 11.4 Å². The Morgan fingerprint density at radius 2 is 1.89 bits per heavy atom. The number of benzene rings is 1. The lowest BCUT2D eigenvalue weighted by Gasteiger charge is -2.30. The van der Waals surface area contributed by atoms with Crippen molar-refractivity contribution in [3.05, 3.63) is 30.3 Å². The minimum atomic E-state index is -0.180. The standard InChI is InChI=1S/C19H24N4O3S/c1-3-23-17(14-7-5-4-6-8-14)20-21-19(23)27-13-16(24)22-11-9-15(10-12-22)18(25)26-2/h4-8,15H,3,9-13H2,1-2H3. The van der Waals surface area contributed by atoms with Crippen LogP contribution in [0.3, 0.4) is 0 Å². The monoisotopic (exact) mass is 388 g/mol. The summed E-state index contributed by atoms with van der Waals surface area (Å²) >= 11 is 1.41. The summed E-state index contributed by atoms with van der Waals surface area (Å²) in [7, 11) is 1.41. The highest BCUT2D eigenvalue weighted by Crippen LogP contribution is 2.25. The minimum Gasteiger partial charge on any atom is -0.469 e. The summed E-state index contributed by atoms with van der Waals surface area (Å²) in [5.74, 6) is 0.918. The van der Waals surface area contributed by atoms with E-state index in [-0.39, 0.29) is 17.8 Å². The topological polar surface area (TPSA) is 77.3 Å². The lowest BCUT2D eigenvalue weighted by molar-refractivity contribution is -0.148. The van der Waals surface area contributed by atoms with Crippen molar-refractivity contribution < 1.29 is 14.3 Å². The maximum atomic E-state index is 12.5. The first-order valence-corrected chi connectivity index (χ1v) is 10.1. The molecule has 0 spiro atoms. The van der Waals surface area contributed by atoms with Crippen LogP contribution < -0.4 is 0 Å². The molecule has 0 unspecified atom stereocenters. The number of carbonyl (C=O) groups excluding carboxylic acids is 2. The van der Waals surface area contributed by atoms with Gasteiger partial charge in [-0.3, -0.25) is 9.59 Å². The van der Waals surface area contributed by atoms with Gasteiger partial charge in [0.2, 0.25) is 5.91 Å². The van der Waals surface area contributed by atoms with E-state index in [2.05, 4.69) is 10.2 Å². The van der Waals surface area contributed by atoms with Gasteiger partial charge in [0, 0.05) is 25.2 Å². The van der Waals surface area contributed by atoms with E-state index in [1.807, 2.05) is 46.7 Å². The van der Waals surface area contributed by atoms with E-state index in [4.69, 9.17) is 4.74 Å². The molecule has 0 aliphatic carbocycles. The largest absolute Gasteiger partial charge is 0.469 e. The maximum Gasteiger partial charge on any atom is 0.308 e. The van der Waals surface area contributed by atoms with Crippen molar-refractivity contribution in [2.75, 3.05) is 26.0 Å². The van der Waals surface area contributed by atoms with Crippen LogP contribution in [0, 0.1) is 5.92 Å². The molecule has 2 heterocycles. The van der Waals surface area contributed by atoms with Crippen molar-refractivity contribution in [3.63, 3.8) is 0 Å². The maximum absolute atomic E-state index is 12.5. The van der Waals surface area contributed by atoms with Crippen molar-refractivity contribution in [2.45, 2.75) is 31.5 Å². The molecule has 1 aliphatic heterocycles. The second kappa shape index (κ2) is 9.03. The summed E-state index contributed by atoms with van der Waals surface area (Å²) in [6.07, 6.45) is 1.32. The van der Waals surface area contributed by atoms with Crippen molar-refractivity contribution in [2.24, 2.45) is 5.92 Å². The van der Waals surface area contributed by atoms with Gasteiger partial charge in [-0.05, 0) is 19.8 Å². The zero-order valence-electron chi connectivity index (χ0n) is 15.6. The predicted molar refractivity (Wildman–Crippen MR) is 103 cm³/mol. The Hall–Kier alpha value is -2.35. The van der Waals surface area contributed by atoms with E-state index in [1.165, 1.54) is 18.9 Å². The number of aromatic nitrogens is 3. The molecule has 0 radical (unpaired) electrons. The quantitative estimate of drug-likeness (QED) is 0.559. The van der Waals surface area contributed by atoms with E-state index < -0.39 is 0 Å². The van der Waals surface area contributed by atoms with Crippen molar-refractivity contribution in [1.82, 2.24) is 19.7 Å². The minimum absolute atomic E-state index is 0.0650. The third-order valence-electron chi connectivity index (χ3n) is 4.77. The molecule has 1 aliphatic rings. The second-order valence-electron chi connectivity index (χ2n) is 6.38. The molecular weight excluding hydrogens is 364 g/mol. The molecule has 1 saturated heterocycles. The molecule has 27 heavy (non-hydrogen) atoms. The van der Waals surface area contributed by atoms with Gasteiger partial charge in [-0.15, -0.1) is 10.2 Å². The number of hydrogen-bond acceptors (Lipinski definition) is 6. The Kier molecular flexibility index (Phi) is 6.49. The summed E-state index contributed by atoms with van der Waals surface area (Å²) in [4.78, 5) is 25.9. The van der Waals surface area contributed by atoms with Gasteiger partial charge in [-0.25, -0.2) is 0 Å². The number of nitrogens with zero attached hydrogens (tertiary/aromatic N) is 4. The van der Waals surface area contributed by atoms with Crippen molar-refractivity contribution in [1.29, 1.82) is 0 Å². The molecule has 1 fully saturated rings. The Balaban J connectivity index is 1.58.